The van der Waals surface area contributed by atoms with Crippen molar-refractivity contribution < 1.29 is 23.1 Å². The summed E-state index contributed by atoms with van der Waals surface area (Å²) in [7, 11) is -3.35. The molecule has 0 aliphatic carbocycles. The predicted molar refractivity (Wildman–Crippen MR) is 129 cm³/mol. The number of β-lactam (4-membered cyclic amide) rings is 1. The van der Waals surface area contributed by atoms with E-state index in [0.717, 1.165) is 44.9 Å². The van der Waals surface area contributed by atoms with Crippen molar-refractivity contribution in [1.29, 1.82) is 0 Å². The maximum absolute atomic E-state index is 12.1. The van der Waals surface area contributed by atoms with Gasteiger partial charge in [-0.15, -0.1) is 16.9 Å². The average Bonchev–Trinajstić information content (AvgIpc) is 3.24. The first-order valence-electron chi connectivity index (χ1n) is 11.4. The number of primary sulfonamides is 1. The van der Waals surface area contributed by atoms with Crippen LogP contribution in [-0.2, 0) is 26.2 Å². The summed E-state index contributed by atoms with van der Waals surface area (Å²) in [4.78, 5) is 25.7. The van der Waals surface area contributed by atoms with Gasteiger partial charge in [0.2, 0.25) is 21.1 Å². The van der Waals surface area contributed by atoms with Gasteiger partial charge in [0.25, 0.3) is 0 Å². The van der Waals surface area contributed by atoms with E-state index in [4.69, 9.17) is 10.9 Å². The van der Waals surface area contributed by atoms with Crippen molar-refractivity contribution in [3.05, 3.63) is 0 Å². The molecule has 2 aliphatic rings. The Labute approximate surface area is 208 Å². The number of nitrogens with zero attached hydrogens (tertiary/aromatic N) is 5. The molecule has 0 aromatic carbocycles. The van der Waals surface area contributed by atoms with Gasteiger partial charge in [-0.25, -0.2) is 18.2 Å². The standard InChI is InChI=1S/C19H33N7O5S3/c20-14-15(27)25-11-19(17(28)29,12-32-16(14)25)13-33-18-22-23-24-26(18)9-7-5-3-1-2-4-6-8-10-34(21,30)31/h14,16H,1-13,20H2,(H,28,29)(H2,21,30,31)/t14?,16-,19?/m1/s1. The maximum Gasteiger partial charge on any atom is 0.313 e. The van der Waals surface area contributed by atoms with Gasteiger partial charge < -0.3 is 15.7 Å². The Bertz CT molecular complexity index is 960. The van der Waals surface area contributed by atoms with Crippen LogP contribution < -0.4 is 10.9 Å². The minimum absolute atomic E-state index is 0.0524. The van der Waals surface area contributed by atoms with Crippen molar-refractivity contribution in [2.24, 2.45) is 16.3 Å². The summed E-state index contributed by atoms with van der Waals surface area (Å²) in [6, 6.07) is -0.535. The van der Waals surface area contributed by atoms with Gasteiger partial charge in [0.15, 0.2) is 0 Å². The summed E-state index contributed by atoms with van der Waals surface area (Å²) in [5.41, 5.74) is 4.75. The van der Waals surface area contributed by atoms with E-state index < -0.39 is 27.4 Å². The highest BCUT2D eigenvalue weighted by Crippen LogP contribution is 2.43. The number of aromatic nitrogens is 4. The van der Waals surface area contributed by atoms with Crippen LogP contribution in [-0.4, -0.2) is 85.7 Å². The zero-order valence-electron chi connectivity index (χ0n) is 19.0. The molecule has 2 fully saturated rings. The van der Waals surface area contributed by atoms with E-state index >= 15 is 0 Å². The smallest absolute Gasteiger partial charge is 0.313 e. The van der Waals surface area contributed by atoms with Crippen LogP contribution in [0.4, 0.5) is 0 Å². The Morgan fingerprint density at radius 2 is 1.82 bits per heavy atom. The van der Waals surface area contributed by atoms with Crippen LogP contribution in [0.15, 0.2) is 5.16 Å². The highest BCUT2D eigenvalue weighted by atomic mass is 32.2. The third-order valence-corrected chi connectivity index (χ3v) is 9.88. The molecule has 0 saturated carbocycles. The van der Waals surface area contributed by atoms with Gasteiger partial charge in [-0.3, -0.25) is 9.59 Å². The van der Waals surface area contributed by atoms with Crippen LogP contribution >= 0.6 is 23.5 Å². The second kappa shape index (κ2) is 12.0. The number of carbonyl (C=O) groups excluding carboxylic acids is 1. The molecule has 0 radical (unpaired) electrons. The lowest BCUT2D eigenvalue weighted by molar-refractivity contribution is -0.155. The highest BCUT2D eigenvalue weighted by molar-refractivity contribution is 8.00. The fourth-order valence-electron chi connectivity index (χ4n) is 4.08. The highest BCUT2D eigenvalue weighted by Gasteiger charge is 2.55. The average molecular weight is 536 g/mol. The molecule has 1 aromatic heterocycles. The van der Waals surface area contributed by atoms with Crippen molar-refractivity contribution in [3.63, 3.8) is 0 Å². The van der Waals surface area contributed by atoms with Crippen LogP contribution in [0.1, 0.15) is 51.4 Å². The number of nitrogens with two attached hydrogens (primary N) is 2. The summed E-state index contributed by atoms with van der Waals surface area (Å²) >= 11 is 2.73. The zero-order valence-corrected chi connectivity index (χ0v) is 21.5. The van der Waals surface area contributed by atoms with Crippen LogP contribution in [0.3, 0.4) is 0 Å². The summed E-state index contributed by atoms with van der Waals surface area (Å²) in [5, 5.41) is 27.2. The Kier molecular flexibility index (Phi) is 9.60. The lowest BCUT2D eigenvalue weighted by Gasteiger charge is -2.52. The molecular weight excluding hydrogens is 502 g/mol. The van der Waals surface area contributed by atoms with Gasteiger partial charge in [0.1, 0.15) is 16.8 Å². The van der Waals surface area contributed by atoms with Gasteiger partial charge in [0, 0.05) is 24.6 Å². The second-order valence-electron chi connectivity index (χ2n) is 8.95. The van der Waals surface area contributed by atoms with Crippen molar-refractivity contribution in [3.8, 4) is 0 Å². The van der Waals surface area contributed by atoms with Crippen LogP contribution in [0.5, 0.6) is 0 Å². The van der Waals surface area contributed by atoms with Gasteiger partial charge in [0.05, 0.1) is 5.75 Å². The molecule has 2 unspecified atom stereocenters. The van der Waals surface area contributed by atoms with Crippen molar-refractivity contribution in [2.45, 2.75) is 74.5 Å². The number of carboxylic acids is 1. The van der Waals surface area contributed by atoms with Gasteiger partial charge in [-0.1, -0.05) is 50.3 Å². The molecule has 1 amide bonds. The molecule has 3 atom stereocenters. The number of aliphatic carboxylic acids is 1. The summed E-state index contributed by atoms with van der Waals surface area (Å²) < 4.78 is 23.5. The van der Waals surface area contributed by atoms with Crippen LogP contribution in [0, 0.1) is 5.41 Å². The third-order valence-electron chi connectivity index (χ3n) is 6.17. The van der Waals surface area contributed by atoms with Crippen molar-refractivity contribution in [2.75, 3.05) is 23.8 Å². The number of hydrogen-bond donors (Lipinski definition) is 3. The largest absolute Gasteiger partial charge is 0.481 e. The Morgan fingerprint density at radius 3 is 2.47 bits per heavy atom. The van der Waals surface area contributed by atoms with Crippen LogP contribution in [0.25, 0.3) is 0 Å². The predicted octanol–water partition coefficient (Wildman–Crippen LogP) is 0.488. The number of carboxylic acid groups (broad SMARTS) is 1. The number of amides is 1. The molecule has 1 aromatic rings. The van der Waals surface area contributed by atoms with Crippen molar-refractivity contribution >= 4 is 45.4 Å². The van der Waals surface area contributed by atoms with E-state index in [9.17, 15) is 23.1 Å². The minimum Gasteiger partial charge on any atom is -0.481 e. The Balaban J connectivity index is 1.35. The first-order valence-corrected chi connectivity index (χ1v) is 15.2. The third kappa shape index (κ3) is 7.06. The molecule has 3 heterocycles. The Morgan fingerprint density at radius 1 is 1.18 bits per heavy atom. The molecule has 0 bridgehead atoms. The molecule has 0 spiro atoms. The summed E-state index contributed by atoms with van der Waals surface area (Å²) in [6.45, 7) is 0.809. The normalized spacial score (nSPS) is 24.6. The monoisotopic (exact) mass is 535 g/mol. The number of rotatable bonds is 15. The second-order valence-corrected chi connectivity index (χ2v) is 12.7. The van der Waals surface area contributed by atoms with E-state index in [2.05, 4.69) is 15.5 Å². The molecule has 34 heavy (non-hydrogen) atoms. The molecule has 15 heteroatoms. The van der Waals surface area contributed by atoms with E-state index in [1.807, 2.05) is 0 Å². The number of hydrogen-bond acceptors (Lipinski definition) is 10. The van der Waals surface area contributed by atoms with Crippen LogP contribution in [0.2, 0.25) is 0 Å². The van der Waals surface area contributed by atoms with E-state index in [1.54, 1.807) is 9.58 Å². The number of fused-ring (bicyclic) bond motifs is 1. The quantitative estimate of drug-likeness (QED) is 0.161. The topological polar surface area (TPSA) is 187 Å². The lowest BCUT2D eigenvalue weighted by atomic mass is 9.89. The number of sulfonamides is 1. The Hall–Kier alpha value is -1.42. The first kappa shape index (κ1) is 27.2. The number of unbranched alkanes of at least 4 members (excludes halogenated alkanes) is 7. The minimum atomic E-state index is -3.35. The molecule has 3 rings (SSSR count). The number of tetrazole rings is 1. The number of thioether (sulfide) groups is 2. The van der Waals surface area contributed by atoms with E-state index in [-0.39, 0.29) is 29.3 Å². The molecule has 12 nitrogen and oxygen atoms in total. The summed E-state index contributed by atoms with van der Waals surface area (Å²) in [6.07, 6.45) is 7.65. The summed E-state index contributed by atoms with van der Waals surface area (Å²) in [5.74, 6) is -0.408. The van der Waals surface area contributed by atoms with E-state index in [0.29, 0.717) is 23.9 Å². The SMILES string of the molecule is NC1C(=O)N2CC(CSc3nnnn3CCCCCCCCCCS(N)(=O)=O)(C(=O)O)CS[C@H]12. The number of aryl methyl sites for hydroxylation is 1. The van der Waals surface area contributed by atoms with Gasteiger partial charge in [-0.2, -0.15) is 0 Å². The lowest BCUT2D eigenvalue weighted by Crippen LogP contribution is -2.72. The first-order chi connectivity index (χ1) is 16.1. The fraction of sp³-hybridized carbons (Fsp3) is 0.842. The molecular formula is C19H33N7O5S3. The number of carbonyl (C=O) groups is 2. The fourth-order valence-corrected chi connectivity index (χ4v) is 7.39. The zero-order chi connectivity index (χ0) is 24.8. The molecule has 2 aliphatic heterocycles. The van der Waals surface area contributed by atoms with Gasteiger partial charge in [-0.05, 0) is 23.3 Å². The van der Waals surface area contributed by atoms with E-state index in [1.165, 1.54) is 23.5 Å². The maximum atomic E-state index is 12.1. The molecule has 2 saturated heterocycles. The van der Waals surface area contributed by atoms with Gasteiger partial charge >= 0.3 is 5.97 Å². The van der Waals surface area contributed by atoms with Crippen molar-refractivity contribution in [1.82, 2.24) is 25.1 Å². The molecule has 5 N–H and O–H groups in total. The molecule has 192 valence electrons.